The maximum absolute atomic E-state index is 4.27. The molecule has 0 amide bonds. The average Bonchev–Trinajstić information content (AvgIpc) is 2.68. The van der Waals surface area contributed by atoms with E-state index in [9.17, 15) is 0 Å². The van der Waals surface area contributed by atoms with Crippen molar-refractivity contribution in [2.45, 2.75) is 13.1 Å². The van der Waals surface area contributed by atoms with Gasteiger partial charge in [-0.25, -0.2) is 0 Å². The smallest absolute Gasteiger partial charge is 0.146 e. The minimum atomic E-state index is 0.689. The van der Waals surface area contributed by atoms with Crippen LogP contribution in [0.5, 0.6) is 0 Å². The highest BCUT2D eigenvalue weighted by Crippen LogP contribution is 2.07. The van der Waals surface area contributed by atoms with Gasteiger partial charge in [0.25, 0.3) is 0 Å². The molecule has 0 spiro atoms. The van der Waals surface area contributed by atoms with Crippen LogP contribution in [0.15, 0.2) is 29.1 Å². The van der Waals surface area contributed by atoms with Crippen LogP contribution in [0.25, 0.3) is 0 Å². The van der Waals surface area contributed by atoms with Crippen LogP contribution in [0.2, 0.25) is 0 Å². The number of aryl methyl sites for hydroxylation is 1. The Morgan fingerprint density at radius 3 is 2.88 bits per heavy atom. The minimum Gasteiger partial charge on any atom is -0.320 e. The fourth-order valence-corrected chi connectivity index (χ4v) is 1.52. The van der Waals surface area contributed by atoms with Crippen LogP contribution in [-0.4, -0.2) is 19.7 Å². The molecule has 84 valence electrons. The first-order valence-corrected chi connectivity index (χ1v) is 5.69. The van der Waals surface area contributed by atoms with Crippen molar-refractivity contribution in [1.82, 2.24) is 25.1 Å². The lowest BCUT2D eigenvalue weighted by Crippen LogP contribution is -2.16. The zero-order valence-electron chi connectivity index (χ0n) is 8.89. The zero-order valence-corrected chi connectivity index (χ0v) is 10.5. The molecule has 0 radical (unpaired) electrons. The summed E-state index contributed by atoms with van der Waals surface area (Å²) >= 11 is 3.35. The summed E-state index contributed by atoms with van der Waals surface area (Å²) in [7, 11) is 1.93. The van der Waals surface area contributed by atoms with Gasteiger partial charge in [0.2, 0.25) is 0 Å². The van der Waals surface area contributed by atoms with E-state index in [1.807, 2.05) is 23.7 Å². The second-order valence-corrected chi connectivity index (χ2v) is 4.35. The molecule has 0 fully saturated rings. The van der Waals surface area contributed by atoms with Crippen molar-refractivity contribution in [3.63, 3.8) is 0 Å². The number of pyridine rings is 1. The summed E-state index contributed by atoms with van der Waals surface area (Å²) in [6.45, 7) is 1.41. The topological polar surface area (TPSA) is 55.6 Å². The number of hydrogen-bond acceptors (Lipinski definition) is 4. The van der Waals surface area contributed by atoms with Gasteiger partial charge in [-0.1, -0.05) is 0 Å². The highest BCUT2D eigenvalue weighted by Gasteiger charge is 2.00. The molecule has 5 nitrogen and oxygen atoms in total. The third-order valence-corrected chi connectivity index (χ3v) is 2.65. The molecule has 0 aliphatic carbocycles. The fourth-order valence-electron chi connectivity index (χ4n) is 1.28. The van der Waals surface area contributed by atoms with Crippen LogP contribution >= 0.6 is 15.9 Å². The van der Waals surface area contributed by atoms with Crippen LogP contribution in [-0.2, 0) is 20.1 Å². The van der Waals surface area contributed by atoms with Gasteiger partial charge in [-0.3, -0.25) is 4.98 Å². The minimum absolute atomic E-state index is 0.689. The Kier molecular flexibility index (Phi) is 3.63. The summed E-state index contributed by atoms with van der Waals surface area (Å²) < 4.78 is 2.88. The van der Waals surface area contributed by atoms with Gasteiger partial charge in [-0.15, -0.1) is 10.2 Å². The summed E-state index contributed by atoms with van der Waals surface area (Å²) in [6.07, 6.45) is 3.48. The van der Waals surface area contributed by atoms with Gasteiger partial charge >= 0.3 is 0 Å². The van der Waals surface area contributed by atoms with Crippen LogP contribution in [0.3, 0.4) is 0 Å². The molecule has 0 unspecified atom stereocenters. The quantitative estimate of drug-likeness (QED) is 0.917. The van der Waals surface area contributed by atoms with Crippen LogP contribution < -0.4 is 5.32 Å². The van der Waals surface area contributed by atoms with Crippen molar-refractivity contribution in [3.05, 3.63) is 40.6 Å². The molecule has 0 aliphatic rings. The Balaban J connectivity index is 1.84. The average molecular weight is 282 g/mol. The molecule has 0 aliphatic heterocycles. The summed E-state index contributed by atoms with van der Waals surface area (Å²) in [4.78, 5) is 4.27. The normalized spacial score (nSPS) is 10.6. The standard InChI is InChI=1S/C10H12BrN5/c1-16-7-14-15-10(16)6-12-5-9-3-2-8(11)4-13-9/h2-4,7,12H,5-6H2,1H3. The lowest BCUT2D eigenvalue weighted by atomic mass is 10.3. The third-order valence-electron chi connectivity index (χ3n) is 2.18. The van der Waals surface area contributed by atoms with E-state index in [0.717, 1.165) is 22.5 Å². The van der Waals surface area contributed by atoms with E-state index in [-0.39, 0.29) is 0 Å². The van der Waals surface area contributed by atoms with Crippen molar-refractivity contribution in [1.29, 1.82) is 0 Å². The lowest BCUT2D eigenvalue weighted by Gasteiger charge is -2.03. The van der Waals surface area contributed by atoms with E-state index in [1.54, 1.807) is 12.5 Å². The van der Waals surface area contributed by atoms with Gasteiger partial charge in [-0.05, 0) is 28.1 Å². The Hall–Kier alpha value is -1.27. The molecular formula is C10H12BrN5. The summed E-state index contributed by atoms with van der Waals surface area (Å²) in [6, 6.07) is 3.96. The highest BCUT2D eigenvalue weighted by molar-refractivity contribution is 9.10. The molecule has 0 atom stereocenters. The maximum Gasteiger partial charge on any atom is 0.146 e. The molecule has 2 aromatic rings. The van der Waals surface area contributed by atoms with Crippen LogP contribution in [0.4, 0.5) is 0 Å². The van der Waals surface area contributed by atoms with Gasteiger partial charge < -0.3 is 9.88 Å². The molecule has 0 saturated carbocycles. The van der Waals surface area contributed by atoms with E-state index in [2.05, 4.69) is 36.4 Å². The zero-order chi connectivity index (χ0) is 11.4. The Labute approximate surface area is 102 Å². The molecule has 0 aromatic carbocycles. The van der Waals surface area contributed by atoms with E-state index < -0.39 is 0 Å². The number of hydrogen-bond donors (Lipinski definition) is 1. The Morgan fingerprint density at radius 2 is 2.25 bits per heavy atom. The Bertz CT molecular complexity index is 450. The summed E-state index contributed by atoms with van der Waals surface area (Å²) in [5.41, 5.74) is 1.00. The van der Waals surface area contributed by atoms with Crippen molar-refractivity contribution in [2.75, 3.05) is 0 Å². The van der Waals surface area contributed by atoms with Crippen molar-refractivity contribution in [2.24, 2.45) is 7.05 Å². The molecule has 2 rings (SSSR count). The number of aromatic nitrogens is 4. The number of halogens is 1. The molecule has 2 heterocycles. The van der Waals surface area contributed by atoms with Crippen LogP contribution in [0, 0.1) is 0 Å². The fraction of sp³-hybridized carbons (Fsp3) is 0.300. The van der Waals surface area contributed by atoms with Gasteiger partial charge in [0.05, 0.1) is 12.2 Å². The number of rotatable bonds is 4. The van der Waals surface area contributed by atoms with Gasteiger partial charge in [0.15, 0.2) is 0 Å². The highest BCUT2D eigenvalue weighted by atomic mass is 79.9. The van der Waals surface area contributed by atoms with E-state index >= 15 is 0 Å². The molecule has 6 heteroatoms. The molecular weight excluding hydrogens is 270 g/mol. The molecule has 1 N–H and O–H groups in total. The Morgan fingerprint density at radius 1 is 1.38 bits per heavy atom. The van der Waals surface area contributed by atoms with E-state index in [1.165, 1.54) is 0 Å². The van der Waals surface area contributed by atoms with Gasteiger partial charge in [-0.2, -0.15) is 0 Å². The lowest BCUT2D eigenvalue weighted by molar-refractivity contribution is 0.629. The first-order valence-electron chi connectivity index (χ1n) is 4.90. The van der Waals surface area contributed by atoms with Crippen molar-refractivity contribution >= 4 is 15.9 Å². The molecule has 0 saturated heterocycles. The first kappa shape index (κ1) is 11.2. The summed E-state index contributed by atoms with van der Waals surface area (Å²) in [5, 5.41) is 11.1. The van der Waals surface area contributed by atoms with Gasteiger partial charge in [0, 0.05) is 24.3 Å². The molecule has 2 aromatic heterocycles. The monoisotopic (exact) mass is 281 g/mol. The SMILES string of the molecule is Cn1cnnc1CNCc1ccc(Br)cn1. The molecule has 0 bridgehead atoms. The number of nitrogens with zero attached hydrogens (tertiary/aromatic N) is 4. The van der Waals surface area contributed by atoms with Gasteiger partial charge in [0.1, 0.15) is 12.2 Å². The van der Waals surface area contributed by atoms with E-state index in [0.29, 0.717) is 6.54 Å². The number of nitrogens with one attached hydrogen (secondary N) is 1. The van der Waals surface area contributed by atoms with E-state index in [4.69, 9.17) is 0 Å². The predicted molar refractivity (Wildman–Crippen MR) is 63.5 cm³/mol. The second-order valence-electron chi connectivity index (χ2n) is 3.43. The molecule has 16 heavy (non-hydrogen) atoms. The largest absolute Gasteiger partial charge is 0.320 e. The third kappa shape index (κ3) is 2.86. The summed E-state index contributed by atoms with van der Waals surface area (Å²) in [5.74, 6) is 0.914. The first-order chi connectivity index (χ1) is 7.75. The second kappa shape index (κ2) is 5.18. The van der Waals surface area contributed by atoms with Crippen LogP contribution in [0.1, 0.15) is 11.5 Å². The van der Waals surface area contributed by atoms with Crippen molar-refractivity contribution < 1.29 is 0 Å². The predicted octanol–water partition coefficient (Wildman–Crippen LogP) is 1.26. The van der Waals surface area contributed by atoms with Crippen molar-refractivity contribution in [3.8, 4) is 0 Å². The maximum atomic E-state index is 4.27.